The average Bonchev–Trinajstić information content (AvgIpc) is 2.21. The Morgan fingerprint density at radius 3 is 1.12 bits per heavy atom. The largest absolute Gasteiger partial charge is 0.745 e. The van der Waals surface area contributed by atoms with Crippen LogP contribution in [0.5, 0.6) is 0 Å². The normalized spacial score (nSPS) is 12.6. The second-order valence-electron chi connectivity index (χ2n) is 3.47. The first-order valence-corrected chi connectivity index (χ1v) is 7.63. The highest BCUT2D eigenvalue weighted by Crippen LogP contribution is 2.33. The minimum atomic E-state index is -2.92. The summed E-state index contributed by atoms with van der Waals surface area (Å²) in [5, 5.41) is 0. The van der Waals surface area contributed by atoms with Crippen LogP contribution in [0, 0.1) is 5.41 Å². The molecule has 2 unspecified atom stereocenters. The highest BCUT2D eigenvalue weighted by molar-refractivity contribution is 7.46. The van der Waals surface area contributed by atoms with Crippen molar-refractivity contribution in [3.05, 3.63) is 0 Å². The maximum absolute atomic E-state index is 9.39. The van der Waals surface area contributed by atoms with Gasteiger partial charge in [-0.1, -0.05) is 53.4 Å². The first-order valence-electron chi connectivity index (χ1n) is 5.37. The van der Waals surface area contributed by atoms with Crippen LogP contribution in [0.4, 0.5) is 0 Å². The summed E-state index contributed by atoms with van der Waals surface area (Å²) < 4.78 is 22.2. The zero-order valence-corrected chi connectivity index (χ0v) is 12.1. The van der Waals surface area contributed by atoms with Crippen LogP contribution in [0.25, 0.3) is 0 Å². The van der Waals surface area contributed by atoms with Crippen molar-refractivity contribution in [2.45, 2.75) is 53.4 Å². The molecule has 2 atom stereocenters. The summed E-state index contributed by atoms with van der Waals surface area (Å²) in [6.07, 6.45) is 5.38. The predicted molar refractivity (Wildman–Crippen MR) is 64.3 cm³/mol. The highest BCUT2D eigenvalue weighted by Gasteiger charge is 2.31. The molecule has 2 N–H and O–H groups in total. The zero-order valence-electron chi connectivity index (χ0n) is 10.3. The van der Waals surface area contributed by atoms with Gasteiger partial charge in [-0.25, -0.2) is 0 Å². The van der Waals surface area contributed by atoms with E-state index in [9.17, 15) is 9.13 Å². The van der Waals surface area contributed by atoms with E-state index in [0.29, 0.717) is 5.41 Å². The topological polar surface area (TPSA) is 83.8 Å². The first-order chi connectivity index (χ1) is 7.37. The molecule has 0 aliphatic rings. The molecule has 0 radical (unpaired) electrons. The molecule has 0 rings (SSSR count). The monoisotopic (exact) mass is 272 g/mol. The quantitative estimate of drug-likeness (QED) is 0.716. The molecule has 0 fully saturated rings. The maximum atomic E-state index is 9.39. The lowest BCUT2D eigenvalue weighted by Crippen LogP contribution is -2.15. The summed E-state index contributed by atoms with van der Waals surface area (Å²) in [7, 11) is -5.85. The summed E-state index contributed by atoms with van der Waals surface area (Å²) in [5.74, 6) is 0. The molecular formula is C9H22O5P2+2. The van der Waals surface area contributed by atoms with Gasteiger partial charge in [0, 0.05) is 9.13 Å². The van der Waals surface area contributed by atoms with Gasteiger partial charge in [0.25, 0.3) is 0 Å². The molecule has 0 aromatic carbocycles. The summed E-state index contributed by atoms with van der Waals surface area (Å²) >= 11 is 0. The molecule has 0 spiro atoms. The van der Waals surface area contributed by atoms with Gasteiger partial charge in [0.1, 0.15) is 0 Å². The standard InChI is InChI=1S/C9H20.O5P2/c1-5-9(6-2,7-3)8-4;1-6(2)5-7(3)4/h5-8H2,1-4H3;/p+2. The molecule has 0 aromatic heterocycles. The van der Waals surface area contributed by atoms with Gasteiger partial charge in [0.15, 0.2) is 4.31 Å². The molecule has 0 aliphatic carbocycles. The molecule has 7 heteroatoms. The van der Waals surface area contributed by atoms with E-state index in [1.54, 1.807) is 0 Å². The fourth-order valence-electron chi connectivity index (χ4n) is 1.56. The zero-order chi connectivity index (χ0) is 13.2. The van der Waals surface area contributed by atoms with Gasteiger partial charge in [-0.2, -0.15) is 0 Å². The van der Waals surface area contributed by atoms with Crippen LogP contribution in [0.2, 0.25) is 0 Å². The minimum Gasteiger partial charge on any atom is -0.131 e. The lowest BCUT2D eigenvalue weighted by atomic mass is 9.78. The van der Waals surface area contributed by atoms with Crippen LogP contribution in [0.15, 0.2) is 0 Å². The minimum absolute atomic E-state index is 0.667. The summed E-state index contributed by atoms with van der Waals surface area (Å²) in [5.41, 5.74) is 0.667. The Balaban J connectivity index is 0. The van der Waals surface area contributed by atoms with Crippen molar-refractivity contribution in [2.75, 3.05) is 0 Å². The van der Waals surface area contributed by atoms with E-state index in [-0.39, 0.29) is 0 Å². The SMILES string of the molecule is CCC(CC)(CC)CC.O=[P+](O)O[P+](=O)O. The molecule has 96 valence electrons. The summed E-state index contributed by atoms with van der Waals surface area (Å²) in [6, 6.07) is 0. The van der Waals surface area contributed by atoms with E-state index in [1.165, 1.54) is 25.7 Å². The van der Waals surface area contributed by atoms with Gasteiger partial charge in [-0.3, -0.25) is 0 Å². The van der Waals surface area contributed by atoms with Crippen molar-refractivity contribution < 1.29 is 23.2 Å². The van der Waals surface area contributed by atoms with E-state index in [4.69, 9.17) is 9.79 Å². The van der Waals surface area contributed by atoms with Crippen molar-refractivity contribution in [1.82, 2.24) is 0 Å². The van der Waals surface area contributed by atoms with Gasteiger partial charge in [-0.15, -0.1) is 9.79 Å². The number of hydrogen-bond donors (Lipinski definition) is 2. The van der Waals surface area contributed by atoms with Gasteiger partial charge >= 0.3 is 16.5 Å². The Morgan fingerprint density at radius 2 is 1.12 bits per heavy atom. The van der Waals surface area contributed by atoms with Crippen molar-refractivity contribution in [3.8, 4) is 0 Å². The van der Waals surface area contributed by atoms with Crippen molar-refractivity contribution in [2.24, 2.45) is 5.41 Å². The third-order valence-corrected chi connectivity index (χ3v) is 4.26. The molecule has 0 heterocycles. The molecule has 0 amide bonds. The first kappa shape index (κ1) is 18.4. The van der Waals surface area contributed by atoms with Gasteiger partial charge in [0.2, 0.25) is 0 Å². The Kier molecular flexibility index (Phi) is 11.8. The van der Waals surface area contributed by atoms with Crippen molar-refractivity contribution in [1.29, 1.82) is 0 Å². The lowest BCUT2D eigenvalue weighted by Gasteiger charge is -2.28. The van der Waals surface area contributed by atoms with E-state index in [0.717, 1.165) is 0 Å². The van der Waals surface area contributed by atoms with Gasteiger partial charge in [0.05, 0.1) is 0 Å². The summed E-state index contributed by atoms with van der Waals surface area (Å²) in [6.45, 7) is 9.21. The Morgan fingerprint density at radius 1 is 0.875 bits per heavy atom. The second kappa shape index (κ2) is 10.2. The predicted octanol–water partition coefficient (Wildman–Crippen LogP) is 3.92. The van der Waals surface area contributed by atoms with E-state index in [1.807, 2.05) is 0 Å². The van der Waals surface area contributed by atoms with Crippen LogP contribution in [0.3, 0.4) is 0 Å². The average molecular weight is 272 g/mol. The highest BCUT2D eigenvalue weighted by atomic mass is 31.2. The van der Waals surface area contributed by atoms with E-state index >= 15 is 0 Å². The Labute approximate surface area is 99.1 Å². The molecule has 5 nitrogen and oxygen atoms in total. The van der Waals surface area contributed by atoms with Crippen molar-refractivity contribution in [3.63, 3.8) is 0 Å². The summed E-state index contributed by atoms with van der Waals surface area (Å²) in [4.78, 5) is 15.3. The Bertz CT molecular complexity index is 186. The molecule has 0 aliphatic heterocycles. The van der Waals surface area contributed by atoms with Crippen LogP contribution in [0.1, 0.15) is 53.4 Å². The van der Waals surface area contributed by atoms with Gasteiger partial charge in [-0.05, 0) is 5.41 Å². The Hall–Kier alpha value is 0.0800. The number of rotatable bonds is 6. The van der Waals surface area contributed by atoms with Crippen molar-refractivity contribution >= 4 is 16.5 Å². The van der Waals surface area contributed by atoms with Crippen LogP contribution >= 0.6 is 16.5 Å². The molecule has 0 saturated heterocycles. The third-order valence-electron chi connectivity index (χ3n) is 3.14. The third kappa shape index (κ3) is 9.32. The fourth-order valence-corrected chi connectivity index (χ4v) is 2.04. The molecular weight excluding hydrogens is 250 g/mol. The van der Waals surface area contributed by atoms with Crippen LogP contribution < -0.4 is 0 Å². The van der Waals surface area contributed by atoms with Crippen LogP contribution in [-0.4, -0.2) is 9.79 Å². The lowest BCUT2D eigenvalue weighted by molar-refractivity contribution is 0.240. The smallest absolute Gasteiger partial charge is 0.131 e. The van der Waals surface area contributed by atoms with Crippen LogP contribution in [-0.2, 0) is 13.4 Å². The molecule has 0 saturated carbocycles. The van der Waals surface area contributed by atoms with E-state index < -0.39 is 16.5 Å². The maximum Gasteiger partial charge on any atom is 0.745 e. The number of hydrogen-bond acceptors (Lipinski definition) is 3. The van der Waals surface area contributed by atoms with Gasteiger partial charge < -0.3 is 0 Å². The molecule has 16 heavy (non-hydrogen) atoms. The second-order valence-corrected chi connectivity index (χ2v) is 5.08. The molecule has 0 bridgehead atoms. The van der Waals surface area contributed by atoms with E-state index in [2.05, 4.69) is 32.0 Å². The molecule has 0 aromatic rings. The fraction of sp³-hybridized carbons (Fsp3) is 1.00.